The zero-order valence-corrected chi connectivity index (χ0v) is 16.0. The molecule has 0 radical (unpaired) electrons. The molecule has 1 aromatic carbocycles. The van der Waals surface area contributed by atoms with Crippen LogP contribution < -0.4 is 16.0 Å². The van der Waals surface area contributed by atoms with Gasteiger partial charge in [0, 0.05) is 0 Å². The van der Waals surface area contributed by atoms with Gasteiger partial charge in [0.1, 0.15) is 12.0 Å². The average molecular weight is 444 g/mol. The van der Waals surface area contributed by atoms with Crippen LogP contribution in [0.2, 0.25) is 10.0 Å². The van der Waals surface area contributed by atoms with Crippen molar-refractivity contribution >= 4 is 98.5 Å². The van der Waals surface area contributed by atoms with Gasteiger partial charge < -0.3 is 16.0 Å². The number of hydrogen-bond donors (Lipinski definition) is 3. The summed E-state index contributed by atoms with van der Waals surface area (Å²) in [7, 11) is 0. The molecule has 1 atom stereocenters. The number of carbonyl (C=O) groups is 1. The molecule has 1 amide bonds. The molecule has 0 heterocycles. The fourth-order valence-corrected chi connectivity index (χ4v) is 2.41. The van der Waals surface area contributed by atoms with Gasteiger partial charge in [0.05, 0.1) is 15.7 Å². The fourth-order valence-electron chi connectivity index (χ4n) is 1.30. The van der Waals surface area contributed by atoms with Crippen LogP contribution in [-0.2, 0) is 4.79 Å². The molecule has 0 saturated heterocycles. The number of carbonyl (C=O) groups excluding carboxylic acids is 1. The molecule has 0 aliphatic heterocycles. The number of nitrogens with one attached hydrogen (secondary N) is 3. The Balaban J connectivity index is 2.81. The Bertz CT molecular complexity index is 545. The summed E-state index contributed by atoms with van der Waals surface area (Å²) in [6.07, 6.45) is -1.11. The lowest BCUT2D eigenvalue weighted by Gasteiger charge is -2.27. The molecule has 0 unspecified atom stereocenters. The van der Waals surface area contributed by atoms with Crippen molar-refractivity contribution in [2.75, 3.05) is 11.2 Å². The van der Waals surface area contributed by atoms with Gasteiger partial charge >= 0.3 is 0 Å². The van der Waals surface area contributed by atoms with Crippen LogP contribution in [0.5, 0.6) is 0 Å². The number of benzene rings is 1. The predicted octanol–water partition coefficient (Wildman–Crippen LogP) is 4.33. The van der Waals surface area contributed by atoms with Gasteiger partial charge in [0.25, 0.3) is 0 Å². The SMILES string of the molecule is O=C(CCl)N[C@@H](NC(=S)Nc1c(Cl)cccc1Cl)C(Cl)(Cl)Cl. The molecule has 0 bridgehead atoms. The average Bonchev–Trinajstić information content (AvgIpc) is 2.41. The maximum absolute atomic E-state index is 11.4. The van der Waals surface area contributed by atoms with Crippen LogP contribution in [0.4, 0.5) is 5.69 Å². The van der Waals surface area contributed by atoms with E-state index in [0.717, 1.165) is 0 Å². The summed E-state index contributed by atoms with van der Waals surface area (Å²) in [5, 5.41) is 8.54. The summed E-state index contributed by atoms with van der Waals surface area (Å²) in [4.78, 5) is 11.4. The molecule has 0 aromatic heterocycles. The number of halogens is 6. The summed E-state index contributed by atoms with van der Waals surface area (Å²) in [6.45, 7) is 0. The largest absolute Gasteiger partial charge is 0.339 e. The van der Waals surface area contributed by atoms with E-state index in [2.05, 4.69) is 16.0 Å². The second-order valence-electron chi connectivity index (χ2n) is 3.87. The second kappa shape index (κ2) is 8.83. The number of anilines is 1. The third kappa shape index (κ3) is 6.32. The van der Waals surface area contributed by atoms with Gasteiger partial charge in [-0.1, -0.05) is 64.1 Å². The third-order valence-electron chi connectivity index (χ3n) is 2.23. The summed E-state index contributed by atoms with van der Waals surface area (Å²) in [5.41, 5.74) is 0.384. The molecule has 22 heavy (non-hydrogen) atoms. The molecule has 3 N–H and O–H groups in total. The van der Waals surface area contributed by atoms with E-state index >= 15 is 0 Å². The van der Waals surface area contributed by atoms with Gasteiger partial charge in [-0.25, -0.2) is 0 Å². The molecule has 11 heteroatoms. The van der Waals surface area contributed by atoms with Crippen LogP contribution in [0.15, 0.2) is 18.2 Å². The number of amides is 1. The van der Waals surface area contributed by atoms with Crippen molar-refractivity contribution in [3.8, 4) is 0 Å². The molecule has 4 nitrogen and oxygen atoms in total. The second-order valence-corrected chi connectivity index (χ2v) is 7.73. The third-order valence-corrected chi connectivity index (χ3v) is 3.98. The highest BCUT2D eigenvalue weighted by atomic mass is 35.6. The minimum Gasteiger partial charge on any atom is -0.339 e. The minimum absolute atomic E-state index is 0.0428. The number of thiocarbonyl (C=S) groups is 1. The number of alkyl halides is 4. The minimum atomic E-state index is -1.86. The Kier molecular flexibility index (Phi) is 8.09. The first kappa shape index (κ1) is 20.2. The first-order chi connectivity index (χ1) is 10.1. The lowest BCUT2D eigenvalue weighted by molar-refractivity contribution is -0.119. The molecule has 1 aromatic rings. The molecule has 0 saturated carbocycles. The van der Waals surface area contributed by atoms with E-state index in [1.54, 1.807) is 18.2 Å². The quantitative estimate of drug-likeness (QED) is 0.368. The van der Waals surface area contributed by atoms with Gasteiger partial charge in [-0.05, 0) is 24.4 Å². The van der Waals surface area contributed by atoms with Crippen molar-refractivity contribution in [3.05, 3.63) is 28.2 Å². The number of para-hydroxylation sites is 1. The van der Waals surface area contributed by atoms with Crippen LogP contribution in [0.1, 0.15) is 0 Å². The maximum Gasteiger partial charge on any atom is 0.236 e. The van der Waals surface area contributed by atoms with E-state index in [-0.39, 0.29) is 11.0 Å². The van der Waals surface area contributed by atoms with Crippen LogP contribution in [0.25, 0.3) is 0 Å². The molecular formula is C11H9Cl6N3OS. The summed E-state index contributed by atoms with van der Waals surface area (Å²) < 4.78 is -1.86. The van der Waals surface area contributed by atoms with Gasteiger partial charge in [0.2, 0.25) is 9.70 Å². The van der Waals surface area contributed by atoms with Crippen LogP contribution in [-0.4, -0.2) is 26.9 Å². The smallest absolute Gasteiger partial charge is 0.236 e. The normalized spacial score (nSPS) is 12.5. The van der Waals surface area contributed by atoms with Crippen molar-refractivity contribution in [1.82, 2.24) is 10.6 Å². The zero-order chi connectivity index (χ0) is 16.9. The first-order valence-electron chi connectivity index (χ1n) is 5.58. The van der Waals surface area contributed by atoms with Crippen LogP contribution in [0.3, 0.4) is 0 Å². The summed E-state index contributed by atoms with van der Waals surface area (Å²) in [6, 6.07) is 4.93. The topological polar surface area (TPSA) is 53.2 Å². The van der Waals surface area contributed by atoms with Crippen LogP contribution >= 0.6 is 81.8 Å². The predicted molar refractivity (Wildman–Crippen MR) is 98.8 cm³/mol. The molecule has 122 valence electrons. The van der Waals surface area contributed by atoms with E-state index in [9.17, 15) is 4.79 Å². The van der Waals surface area contributed by atoms with Crippen LogP contribution in [0, 0.1) is 0 Å². The number of hydrogen-bond acceptors (Lipinski definition) is 2. The summed E-state index contributed by atoms with van der Waals surface area (Å²) >= 11 is 39.8. The van der Waals surface area contributed by atoms with E-state index in [1.165, 1.54) is 0 Å². The van der Waals surface area contributed by atoms with Crippen molar-refractivity contribution in [2.45, 2.75) is 9.96 Å². The van der Waals surface area contributed by atoms with Crippen molar-refractivity contribution in [3.63, 3.8) is 0 Å². The van der Waals surface area contributed by atoms with E-state index in [4.69, 9.17) is 81.8 Å². The molecule has 0 fully saturated rings. The lowest BCUT2D eigenvalue weighted by atomic mass is 10.3. The maximum atomic E-state index is 11.4. The molecule has 0 aliphatic carbocycles. The van der Waals surface area contributed by atoms with Gasteiger partial charge in [-0.3, -0.25) is 4.79 Å². The molecule has 0 aliphatic rings. The van der Waals surface area contributed by atoms with E-state index in [1.807, 2.05) is 0 Å². The van der Waals surface area contributed by atoms with Gasteiger partial charge in [-0.15, -0.1) is 11.6 Å². The van der Waals surface area contributed by atoms with Gasteiger partial charge in [0.15, 0.2) is 5.11 Å². The summed E-state index contributed by atoms with van der Waals surface area (Å²) in [5.74, 6) is -0.834. The Morgan fingerprint density at radius 1 is 1.18 bits per heavy atom. The standard InChI is InChI=1S/C11H9Cl6N3OS/c12-4-7(21)18-9(11(15,16)17)20-10(22)19-8-5(13)2-1-3-6(8)14/h1-3,9H,4H2,(H,18,21)(H2,19,20,22)/t9-/m0/s1. The Morgan fingerprint density at radius 3 is 2.18 bits per heavy atom. The first-order valence-corrected chi connectivity index (χ1v) is 8.42. The molecular weight excluding hydrogens is 435 g/mol. The molecule has 1 rings (SSSR count). The lowest BCUT2D eigenvalue weighted by Crippen LogP contribution is -2.56. The van der Waals surface area contributed by atoms with E-state index in [0.29, 0.717) is 15.7 Å². The highest BCUT2D eigenvalue weighted by Gasteiger charge is 2.34. The Hall–Kier alpha value is 0.120. The van der Waals surface area contributed by atoms with Crippen molar-refractivity contribution in [1.29, 1.82) is 0 Å². The zero-order valence-electron chi connectivity index (χ0n) is 10.6. The van der Waals surface area contributed by atoms with Crippen molar-refractivity contribution in [2.24, 2.45) is 0 Å². The highest BCUT2D eigenvalue weighted by molar-refractivity contribution is 7.80. The Morgan fingerprint density at radius 2 is 1.73 bits per heavy atom. The van der Waals surface area contributed by atoms with Gasteiger partial charge in [-0.2, -0.15) is 0 Å². The highest BCUT2D eigenvalue weighted by Crippen LogP contribution is 2.31. The monoisotopic (exact) mass is 441 g/mol. The van der Waals surface area contributed by atoms with Crippen molar-refractivity contribution < 1.29 is 4.79 Å². The Labute approximate surface area is 162 Å². The fraction of sp³-hybridized carbons (Fsp3) is 0.273. The molecule has 0 spiro atoms. The number of rotatable bonds is 4. The van der Waals surface area contributed by atoms with E-state index < -0.39 is 15.9 Å².